The van der Waals surface area contributed by atoms with Gasteiger partial charge in [0.2, 0.25) is 10.0 Å². The number of rotatable bonds is 2. The van der Waals surface area contributed by atoms with Crippen LogP contribution in [0.2, 0.25) is 0 Å². The first-order chi connectivity index (χ1) is 8.69. The van der Waals surface area contributed by atoms with Crippen molar-refractivity contribution in [1.29, 1.82) is 0 Å². The topological polar surface area (TPSA) is 52.0 Å². The van der Waals surface area contributed by atoms with Crippen LogP contribution in [0.25, 0.3) is 11.4 Å². The van der Waals surface area contributed by atoms with Crippen LogP contribution in [0.3, 0.4) is 0 Å². The van der Waals surface area contributed by atoms with Crippen molar-refractivity contribution in [3.8, 4) is 11.4 Å². The van der Waals surface area contributed by atoms with Crippen molar-refractivity contribution in [2.45, 2.75) is 6.18 Å². The van der Waals surface area contributed by atoms with Crippen molar-refractivity contribution < 1.29 is 21.6 Å². The Morgan fingerprint density at radius 3 is 2.53 bits per heavy atom. The zero-order valence-electron chi connectivity index (χ0n) is 9.72. The highest BCUT2D eigenvalue weighted by Crippen LogP contribution is 2.31. The molecule has 4 nitrogen and oxygen atoms in total. The number of alkyl halides is 3. The molecule has 0 radical (unpaired) electrons. The summed E-state index contributed by atoms with van der Waals surface area (Å²) in [4.78, 5) is 3.79. The van der Waals surface area contributed by atoms with Crippen LogP contribution in [0, 0.1) is 0 Å². The first-order valence-corrected chi connectivity index (χ1v) is 6.96. The van der Waals surface area contributed by atoms with Crippen molar-refractivity contribution in [2.24, 2.45) is 0 Å². The molecule has 0 spiro atoms. The Balaban J connectivity index is 2.59. The Morgan fingerprint density at radius 1 is 1.26 bits per heavy atom. The van der Waals surface area contributed by atoms with Gasteiger partial charge in [-0.1, -0.05) is 12.1 Å². The van der Waals surface area contributed by atoms with Gasteiger partial charge in [0.25, 0.3) is 0 Å². The molecular weight excluding hydrogens is 281 g/mol. The summed E-state index contributed by atoms with van der Waals surface area (Å²) in [6.45, 7) is 0. The van der Waals surface area contributed by atoms with E-state index in [1.807, 2.05) is 0 Å². The summed E-state index contributed by atoms with van der Waals surface area (Å²) in [7, 11) is -3.61. The molecule has 0 aliphatic carbocycles. The average Bonchev–Trinajstić information content (AvgIpc) is 2.76. The minimum absolute atomic E-state index is 0.0476. The van der Waals surface area contributed by atoms with Crippen LogP contribution in [0.5, 0.6) is 0 Å². The normalized spacial score (nSPS) is 12.6. The van der Waals surface area contributed by atoms with E-state index in [1.54, 1.807) is 0 Å². The van der Waals surface area contributed by atoms with Gasteiger partial charge in [0.05, 0.1) is 11.8 Å². The van der Waals surface area contributed by atoms with Crippen LogP contribution in [-0.4, -0.2) is 23.6 Å². The standard InChI is InChI=1S/C11H9F3N2O2S/c1-19(17,18)16-6-5-15-10(16)8-3-2-4-9(7-8)11(12,13)14/h2-7H,1H3. The van der Waals surface area contributed by atoms with Crippen LogP contribution >= 0.6 is 0 Å². The molecule has 1 aromatic carbocycles. The van der Waals surface area contributed by atoms with E-state index in [0.29, 0.717) is 0 Å². The largest absolute Gasteiger partial charge is 0.416 e. The van der Waals surface area contributed by atoms with E-state index in [1.165, 1.54) is 24.5 Å². The van der Waals surface area contributed by atoms with Gasteiger partial charge in [-0.25, -0.2) is 17.4 Å². The predicted molar refractivity (Wildman–Crippen MR) is 62.9 cm³/mol. The molecule has 0 bridgehead atoms. The lowest BCUT2D eigenvalue weighted by molar-refractivity contribution is -0.137. The maximum atomic E-state index is 12.6. The number of hydrogen-bond donors (Lipinski definition) is 0. The Labute approximate surface area is 107 Å². The molecule has 0 amide bonds. The third-order valence-corrected chi connectivity index (χ3v) is 3.42. The minimum Gasteiger partial charge on any atom is -0.236 e. The molecule has 19 heavy (non-hydrogen) atoms. The lowest BCUT2D eigenvalue weighted by Gasteiger charge is -2.09. The summed E-state index contributed by atoms with van der Waals surface area (Å²) >= 11 is 0. The molecule has 1 heterocycles. The summed E-state index contributed by atoms with van der Waals surface area (Å²) in [5.74, 6) is -0.0476. The second kappa shape index (κ2) is 4.37. The maximum absolute atomic E-state index is 12.6. The SMILES string of the molecule is CS(=O)(=O)n1ccnc1-c1cccc(C(F)(F)F)c1. The molecule has 8 heteroatoms. The summed E-state index contributed by atoms with van der Waals surface area (Å²) in [5, 5.41) is 0. The second-order valence-electron chi connectivity index (χ2n) is 3.89. The van der Waals surface area contributed by atoms with Gasteiger partial charge in [-0.2, -0.15) is 13.2 Å². The number of halogens is 3. The zero-order chi connectivity index (χ0) is 14.3. The van der Waals surface area contributed by atoms with Gasteiger partial charge in [0.15, 0.2) is 5.82 Å². The van der Waals surface area contributed by atoms with Crippen molar-refractivity contribution in [2.75, 3.05) is 6.26 Å². The van der Waals surface area contributed by atoms with Gasteiger partial charge in [0, 0.05) is 18.0 Å². The van der Waals surface area contributed by atoms with E-state index in [0.717, 1.165) is 22.4 Å². The number of hydrogen-bond acceptors (Lipinski definition) is 3. The summed E-state index contributed by atoms with van der Waals surface area (Å²) in [6, 6.07) is 4.36. The molecular formula is C11H9F3N2O2S. The smallest absolute Gasteiger partial charge is 0.236 e. The van der Waals surface area contributed by atoms with Gasteiger partial charge in [-0.3, -0.25) is 0 Å². The molecule has 0 aliphatic rings. The molecule has 0 saturated carbocycles. The fraction of sp³-hybridized carbons (Fsp3) is 0.182. The fourth-order valence-electron chi connectivity index (χ4n) is 1.60. The molecule has 2 aromatic rings. The van der Waals surface area contributed by atoms with Gasteiger partial charge in [0.1, 0.15) is 0 Å². The molecule has 0 N–H and O–H groups in total. The van der Waals surface area contributed by atoms with Crippen LogP contribution in [0.1, 0.15) is 5.56 Å². The van der Waals surface area contributed by atoms with E-state index in [-0.39, 0.29) is 11.4 Å². The van der Waals surface area contributed by atoms with Gasteiger partial charge in [-0.05, 0) is 12.1 Å². The minimum atomic E-state index is -4.49. The third-order valence-electron chi connectivity index (χ3n) is 2.41. The second-order valence-corrected chi connectivity index (χ2v) is 5.75. The van der Waals surface area contributed by atoms with Crippen molar-refractivity contribution >= 4 is 10.0 Å². The average molecular weight is 290 g/mol. The van der Waals surface area contributed by atoms with E-state index >= 15 is 0 Å². The van der Waals surface area contributed by atoms with Crippen LogP contribution < -0.4 is 0 Å². The molecule has 0 atom stereocenters. The molecule has 2 rings (SSSR count). The highest BCUT2D eigenvalue weighted by atomic mass is 32.2. The van der Waals surface area contributed by atoms with E-state index in [2.05, 4.69) is 4.98 Å². The fourth-order valence-corrected chi connectivity index (χ4v) is 2.34. The predicted octanol–water partition coefficient (Wildman–Crippen LogP) is 2.38. The van der Waals surface area contributed by atoms with Gasteiger partial charge in [-0.15, -0.1) is 0 Å². The van der Waals surface area contributed by atoms with Gasteiger partial charge >= 0.3 is 6.18 Å². The Morgan fingerprint density at radius 2 is 1.95 bits per heavy atom. The third kappa shape index (κ3) is 2.78. The Kier molecular flexibility index (Phi) is 3.13. The molecule has 102 valence electrons. The quantitative estimate of drug-likeness (QED) is 0.853. The van der Waals surface area contributed by atoms with Crippen molar-refractivity contribution in [3.05, 3.63) is 42.2 Å². The highest BCUT2D eigenvalue weighted by molar-refractivity contribution is 7.89. The zero-order valence-corrected chi connectivity index (χ0v) is 10.5. The number of imidazole rings is 1. The Bertz CT molecular complexity index is 705. The van der Waals surface area contributed by atoms with Crippen molar-refractivity contribution in [3.63, 3.8) is 0 Å². The van der Waals surface area contributed by atoms with Crippen LogP contribution in [0.15, 0.2) is 36.7 Å². The first kappa shape index (κ1) is 13.6. The Hall–Kier alpha value is -1.83. The van der Waals surface area contributed by atoms with Crippen LogP contribution in [-0.2, 0) is 16.2 Å². The molecule has 0 unspecified atom stereocenters. The molecule has 0 fully saturated rings. The lowest BCUT2D eigenvalue weighted by Crippen LogP contribution is -2.11. The summed E-state index contributed by atoms with van der Waals surface area (Å²) in [6.07, 6.45) is -1.13. The number of benzene rings is 1. The number of nitrogens with zero attached hydrogens (tertiary/aromatic N) is 2. The molecule has 1 aromatic heterocycles. The number of aromatic nitrogens is 2. The van der Waals surface area contributed by atoms with E-state index in [4.69, 9.17) is 0 Å². The lowest BCUT2D eigenvalue weighted by atomic mass is 10.1. The molecule has 0 aliphatic heterocycles. The molecule has 0 saturated heterocycles. The van der Waals surface area contributed by atoms with E-state index < -0.39 is 21.8 Å². The summed E-state index contributed by atoms with van der Waals surface area (Å²) in [5.41, 5.74) is -0.765. The van der Waals surface area contributed by atoms with Gasteiger partial charge < -0.3 is 0 Å². The van der Waals surface area contributed by atoms with E-state index in [9.17, 15) is 21.6 Å². The maximum Gasteiger partial charge on any atom is 0.416 e. The first-order valence-electron chi connectivity index (χ1n) is 5.11. The monoisotopic (exact) mass is 290 g/mol. The van der Waals surface area contributed by atoms with Crippen LogP contribution in [0.4, 0.5) is 13.2 Å². The highest BCUT2D eigenvalue weighted by Gasteiger charge is 2.30. The summed E-state index contributed by atoms with van der Waals surface area (Å²) < 4.78 is 61.6. The van der Waals surface area contributed by atoms with Crippen molar-refractivity contribution in [1.82, 2.24) is 8.96 Å².